The summed E-state index contributed by atoms with van der Waals surface area (Å²) in [5.41, 5.74) is 2.14. The normalized spacial score (nSPS) is 15.8. The number of non-ortho nitro benzene ring substituents is 1. The molecule has 40 heavy (non-hydrogen) atoms. The van der Waals surface area contributed by atoms with Crippen LogP contribution in [0.2, 0.25) is 5.15 Å². The minimum Gasteiger partial charge on any atom is -0.497 e. The lowest BCUT2D eigenvalue weighted by Gasteiger charge is -2.37. The molecular weight excluding hydrogens is 554 g/mol. The number of rotatable bonds is 8. The van der Waals surface area contributed by atoms with E-state index in [1.165, 1.54) is 23.9 Å². The Hall–Kier alpha value is -3.77. The Morgan fingerprint density at radius 3 is 2.02 bits per heavy atom. The second-order valence-corrected chi connectivity index (χ2v) is 10.8. The highest BCUT2D eigenvalue weighted by Crippen LogP contribution is 2.26. The second-order valence-electron chi connectivity index (χ2n) is 9.43. The van der Waals surface area contributed by atoms with E-state index in [-0.39, 0.29) is 17.3 Å². The Labute approximate surface area is 241 Å². The highest BCUT2D eigenvalue weighted by atomic mass is 35.5. The van der Waals surface area contributed by atoms with E-state index in [1.54, 1.807) is 25.3 Å². The van der Waals surface area contributed by atoms with Gasteiger partial charge in [-0.05, 0) is 36.4 Å². The van der Waals surface area contributed by atoms with Crippen LogP contribution in [0.1, 0.15) is 0 Å². The number of nitro benzene ring substituents is 1. The number of nitro groups is 1. The Balaban J connectivity index is 1.11. The van der Waals surface area contributed by atoms with Crippen LogP contribution in [0.15, 0.2) is 59.8 Å². The van der Waals surface area contributed by atoms with Crippen molar-refractivity contribution < 1.29 is 14.5 Å². The van der Waals surface area contributed by atoms with Gasteiger partial charge >= 0.3 is 0 Å². The molecule has 0 unspecified atom stereocenters. The number of amides is 1. The second kappa shape index (κ2) is 12.6. The van der Waals surface area contributed by atoms with E-state index in [1.807, 2.05) is 17.0 Å². The first-order valence-electron chi connectivity index (χ1n) is 13.0. The quantitative estimate of drug-likeness (QED) is 0.128. The van der Waals surface area contributed by atoms with E-state index >= 15 is 0 Å². The van der Waals surface area contributed by atoms with Gasteiger partial charge in [-0.3, -0.25) is 14.9 Å². The fraction of sp³-hybridized carbons (Fsp3) is 0.370. The summed E-state index contributed by atoms with van der Waals surface area (Å²) in [5, 5.41) is 11.7. The first-order chi connectivity index (χ1) is 19.4. The van der Waals surface area contributed by atoms with E-state index in [0.717, 1.165) is 49.1 Å². The van der Waals surface area contributed by atoms with E-state index < -0.39 is 4.92 Å². The third kappa shape index (κ3) is 6.68. The van der Waals surface area contributed by atoms with Crippen LogP contribution in [0.5, 0.6) is 5.75 Å². The van der Waals surface area contributed by atoms with Gasteiger partial charge in [-0.2, -0.15) is 0 Å². The number of piperazine rings is 2. The lowest BCUT2D eigenvalue weighted by Crippen LogP contribution is -2.49. The molecule has 2 aliphatic rings. The number of thioether (sulfide) groups is 1. The molecular formula is C27H30ClN7O4S. The Morgan fingerprint density at radius 1 is 0.900 bits per heavy atom. The van der Waals surface area contributed by atoms with Crippen molar-refractivity contribution in [3.8, 4) is 5.75 Å². The summed E-state index contributed by atoms with van der Waals surface area (Å²) in [5.74, 6) is 1.85. The first kappa shape index (κ1) is 27.8. The highest BCUT2D eigenvalue weighted by molar-refractivity contribution is 7.99. The van der Waals surface area contributed by atoms with Crippen molar-refractivity contribution in [2.45, 2.75) is 5.16 Å². The van der Waals surface area contributed by atoms with Gasteiger partial charge in [0.1, 0.15) is 16.7 Å². The van der Waals surface area contributed by atoms with Gasteiger partial charge in [0, 0.05) is 81.9 Å². The lowest BCUT2D eigenvalue weighted by molar-refractivity contribution is -0.384. The van der Waals surface area contributed by atoms with Crippen molar-refractivity contribution in [1.82, 2.24) is 14.9 Å². The van der Waals surface area contributed by atoms with E-state index in [4.69, 9.17) is 21.3 Å². The van der Waals surface area contributed by atoms with Gasteiger partial charge in [0.15, 0.2) is 5.16 Å². The van der Waals surface area contributed by atoms with Crippen molar-refractivity contribution in [3.63, 3.8) is 0 Å². The molecule has 0 aliphatic carbocycles. The van der Waals surface area contributed by atoms with Gasteiger partial charge in [0.25, 0.3) is 5.69 Å². The van der Waals surface area contributed by atoms with Crippen LogP contribution >= 0.6 is 23.4 Å². The van der Waals surface area contributed by atoms with Crippen molar-refractivity contribution >= 4 is 52.2 Å². The van der Waals surface area contributed by atoms with Crippen LogP contribution < -0.4 is 19.4 Å². The predicted molar refractivity (Wildman–Crippen MR) is 157 cm³/mol. The minimum absolute atomic E-state index is 0.0200. The smallest absolute Gasteiger partial charge is 0.269 e. The molecule has 5 rings (SSSR count). The molecule has 0 atom stereocenters. The summed E-state index contributed by atoms with van der Waals surface area (Å²) in [4.78, 5) is 40.9. The molecule has 0 saturated carbocycles. The van der Waals surface area contributed by atoms with Crippen LogP contribution in [0.25, 0.3) is 0 Å². The molecule has 13 heteroatoms. The number of carbonyl (C=O) groups excluding carboxylic acids is 1. The number of hydrogen-bond acceptors (Lipinski definition) is 10. The summed E-state index contributed by atoms with van der Waals surface area (Å²) in [6, 6.07) is 16.3. The number of halogens is 1. The van der Waals surface area contributed by atoms with Crippen LogP contribution in [-0.2, 0) is 4.79 Å². The number of methoxy groups -OCH3 is 1. The number of hydrogen-bond donors (Lipinski definition) is 0. The molecule has 210 valence electrons. The molecule has 11 nitrogen and oxygen atoms in total. The summed E-state index contributed by atoms with van der Waals surface area (Å²) in [6.07, 6.45) is 0. The van der Waals surface area contributed by atoms with Crippen LogP contribution in [0.4, 0.5) is 22.9 Å². The Bertz CT molecular complexity index is 1330. The van der Waals surface area contributed by atoms with Crippen LogP contribution in [0.3, 0.4) is 0 Å². The summed E-state index contributed by atoms with van der Waals surface area (Å²) >= 11 is 7.63. The van der Waals surface area contributed by atoms with Gasteiger partial charge in [-0.1, -0.05) is 23.4 Å². The molecule has 2 aromatic carbocycles. The van der Waals surface area contributed by atoms with Crippen molar-refractivity contribution in [1.29, 1.82) is 0 Å². The largest absolute Gasteiger partial charge is 0.497 e. The Morgan fingerprint density at radius 2 is 1.45 bits per heavy atom. The average Bonchev–Trinajstić information content (AvgIpc) is 3.00. The van der Waals surface area contributed by atoms with E-state index in [2.05, 4.69) is 31.8 Å². The molecule has 0 N–H and O–H groups in total. The summed E-state index contributed by atoms with van der Waals surface area (Å²) in [6.45, 7) is 5.76. The zero-order chi connectivity index (χ0) is 28.1. The van der Waals surface area contributed by atoms with Gasteiger partial charge in [0.05, 0.1) is 17.8 Å². The molecule has 2 aliphatic heterocycles. The zero-order valence-corrected chi connectivity index (χ0v) is 23.7. The van der Waals surface area contributed by atoms with E-state index in [9.17, 15) is 14.9 Å². The van der Waals surface area contributed by atoms with Gasteiger partial charge in [0.2, 0.25) is 5.91 Å². The zero-order valence-electron chi connectivity index (χ0n) is 22.1. The molecule has 3 heterocycles. The topological polar surface area (TPSA) is 108 Å². The third-order valence-corrected chi connectivity index (χ3v) is 8.11. The Kier molecular flexibility index (Phi) is 8.75. The molecule has 2 fully saturated rings. The van der Waals surface area contributed by atoms with E-state index in [0.29, 0.717) is 36.5 Å². The SMILES string of the molecule is COc1ccc(N2CCN(c3cc(Cl)nc(SCC(=O)N4CCN(c5ccc([N+](=O)[O-])cc5)CC4)n3)CC2)cc1. The number of benzene rings is 2. The molecule has 1 amide bonds. The van der Waals surface area contributed by atoms with Crippen LogP contribution in [0, 0.1) is 10.1 Å². The highest BCUT2D eigenvalue weighted by Gasteiger charge is 2.23. The number of carbonyl (C=O) groups is 1. The number of aromatic nitrogens is 2. The van der Waals surface area contributed by atoms with Crippen molar-refractivity contribution in [2.24, 2.45) is 0 Å². The van der Waals surface area contributed by atoms with Crippen molar-refractivity contribution in [2.75, 3.05) is 79.9 Å². The molecule has 1 aromatic heterocycles. The first-order valence-corrected chi connectivity index (χ1v) is 14.3. The maximum Gasteiger partial charge on any atom is 0.269 e. The lowest BCUT2D eigenvalue weighted by atomic mass is 10.2. The third-order valence-electron chi connectivity index (χ3n) is 7.08. The molecule has 0 bridgehead atoms. The van der Waals surface area contributed by atoms with Gasteiger partial charge in [-0.15, -0.1) is 0 Å². The van der Waals surface area contributed by atoms with Gasteiger partial charge < -0.3 is 24.3 Å². The summed E-state index contributed by atoms with van der Waals surface area (Å²) in [7, 11) is 1.66. The fourth-order valence-corrected chi connectivity index (χ4v) is 5.80. The van der Waals surface area contributed by atoms with Gasteiger partial charge in [-0.25, -0.2) is 9.97 Å². The number of anilines is 3. The average molecular weight is 584 g/mol. The molecule has 0 radical (unpaired) electrons. The van der Waals surface area contributed by atoms with Crippen molar-refractivity contribution in [3.05, 3.63) is 69.9 Å². The standard InChI is InChI=1S/C27H30ClN7O4S/c1-39-23-8-6-21(7-9-23)31-10-14-33(15-11-31)25-18-24(28)29-27(30-25)40-19-26(36)34-16-12-32(13-17-34)20-2-4-22(5-3-20)35(37)38/h2-9,18H,10-17,19H2,1H3. The predicted octanol–water partition coefficient (Wildman–Crippen LogP) is 3.81. The minimum atomic E-state index is -0.408. The molecule has 3 aromatic rings. The summed E-state index contributed by atoms with van der Waals surface area (Å²) < 4.78 is 5.25. The maximum atomic E-state index is 12.9. The monoisotopic (exact) mass is 583 g/mol. The maximum absolute atomic E-state index is 12.9. The molecule has 2 saturated heterocycles. The fourth-order valence-electron chi connectivity index (χ4n) is 4.82. The number of ether oxygens (including phenoxy) is 1. The van der Waals surface area contributed by atoms with Crippen LogP contribution in [-0.4, -0.2) is 90.9 Å². The number of nitrogens with zero attached hydrogens (tertiary/aromatic N) is 7. The molecule has 0 spiro atoms.